The van der Waals surface area contributed by atoms with Crippen LogP contribution >= 0.6 is 11.6 Å². The van der Waals surface area contributed by atoms with Crippen molar-refractivity contribution in [3.8, 4) is 0 Å². The van der Waals surface area contributed by atoms with Gasteiger partial charge in [-0.05, 0) is 42.5 Å². The van der Waals surface area contributed by atoms with Gasteiger partial charge < -0.3 is 9.88 Å². The second kappa shape index (κ2) is 8.39. The average Bonchev–Trinajstić information content (AvgIpc) is 2.85. The molecule has 0 aliphatic heterocycles. The van der Waals surface area contributed by atoms with Crippen LogP contribution in [-0.2, 0) is 32.9 Å². The fraction of sp³-hybridized carbons (Fsp3) is 0.450. The number of benzene rings is 1. The molecule has 0 saturated carbocycles. The molecule has 0 spiro atoms. The van der Waals surface area contributed by atoms with Gasteiger partial charge in [0.1, 0.15) is 0 Å². The third-order valence-corrected chi connectivity index (χ3v) is 4.76. The largest absolute Gasteiger partial charge is 0.351 e. The third-order valence-electron chi connectivity index (χ3n) is 4.51. The summed E-state index contributed by atoms with van der Waals surface area (Å²) in [5, 5.41) is 3.79. The minimum absolute atomic E-state index is 0.0283. The van der Waals surface area contributed by atoms with Crippen LogP contribution in [0.1, 0.15) is 60.1 Å². The molecule has 4 heteroatoms. The van der Waals surface area contributed by atoms with Crippen LogP contribution < -0.4 is 5.32 Å². The lowest BCUT2D eigenvalue weighted by molar-refractivity contribution is 0.0949. The van der Waals surface area contributed by atoms with E-state index in [1.54, 1.807) is 0 Å². The second-order valence-electron chi connectivity index (χ2n) is 6.07. The minimum atomic E-state index is 0.0283. The van der Waals surface area contributed by atoms with Crippen molar-refractivity contribution >= 4 is 17.5 Å². The van der Waals surface area contributed by atoms with Crippen molar-refractivity contribution in [2.24, 2.45) is 7.05 Å². The molecular weight excluding hydrogens is 320 g/mol. The zero-order valence-corrected chi connectivity index (χ0v) is 15.8. The van der Waals surface area contributed by atoms with Gasteiger partial charge in [-0.2, -0.15) is 0 Å². The maximum atomic E-state index is 12.9. The second-order valence-corrected chi connectivity index (χ2v) is 6.51. The van der Waals surface area contributed by atoms with Crippen LogP contribution in [0.4, 0.5) is 0 Å². The number of halogens is 1. The van der Waals surface area contributed by atoms with Gasteiger partial charge in [0.15, 0.2) is 0 Å². The van der Waals surface area contributed by atoms with E-state index in [-0.39, 0.29) is 5.91 Å². The van der Waals surface area contributed by atoms with Crippen LogP contribution in [0.5, 0.6) is 0 Å². The van der Waals surface area contributed by atoms with Crippen LogP contribution in [-0.4, -0.2) is 10.5 Å². The normalized spacial score (nSPS) is 10.9. The Morgan fingerprint density at radius 3 is 2.25 bits per heavy atom. The van der Waals surface area contributed by atoms with Crippen LogP contribution in [0.25, 0.3) is 0 Å². The Morgan fingerprint density at radius 2 is 1.71 bits per heavy atom. The zero-order chi connectivity index (χ0) is 17.7. The Labute approximate surface area is 150 Å². The highest BCUT2D eigenvalue weighted by atomic mass is 35.5. The fourth-order valence-electron chi connectivity index (χ4n) is 3.38. The van der Waals surface area contributed by atoms with Gasteiger partial charge in [-0.1, -0.05) is 50.9 Å². The molecule has 1 N–H and O–H groups in total. The summed E-state index contributed by atoms with van der Waals surface area (Å²) in [6.45, 7) is 6.94. The van der Waals surface area contributed by atoms with Gasteiger partial charge in [0, 0.05) is 30.0 Å². The first kappa shape index (κ1) is 18.6. The monoisotopic (exact) mass is 346 g/mol. The molecule has 0 unspecified atom stereocenters. The summed E-state index contributed by atoms with van der Waals surface area (Å²) < 4.78 is 2.21. The van der Waals surface area contributed by atoms with Crippen molar-refractivity contribution in [1.82, 2.24) is 9.88 Å². The number of hydrogen-bond donors (Lipinski definition) is 1. The van der Waals surface area contributed by atoms with Crippen molar-refractivity contribution in [2.75, 3.05) is 0 Å². The number of carbonyl (C=O) groups is 1. The third kappa shape index (κ3) is 3.84. The predicted molar refractivity (Wildman–Crippen MR) is 101 cm³/mol. The first-order chi connectivity index (χ1) is 11.5. The number of rotatable bonds is 7. The van der Waals surface area contributed by atoms with E-state index < -0.39 is 0 Å². The standard InChI is InChI=1S/C20H27ClN2O/c1-5-8-16-17(6-2)23(4)18(7-3)19(16)20(24)22-13-14-9-11-15(21)12-10-14/h9-12H,5-8,13H2,1-4H3,(H,22,24). The first-order valence-electron chi connectivity index (χ1n) is 8.75. The molecule has 0 atom stereocenters. The molecule has 0 saturated heterocycles. The Morgan fingerprint density at radius 1 is 1.08 bits per heavy atom. The molecule has 1 heterocycles. The SMILES string of the molecule is CCCc1c(C(=O)NCc2ccc(Cl)cc2)c(CC)n(C)c1CC. The van der Waals surface area contributed by atoms with Gasteiger partial charge in [-0.3, -0.25) is 4.79 Å². The average molecular weight is 347 g/mol. The Balaban J connectivity index is 2.28. The summed E-state index contributed by atoms with van der Waals surface area (Å²) in [5.41, 5.74) is 5.56. The number of aromatic nitrogens is 1. The molecule has 24 heavy (non-hydrogen) atoms. The predicted octanol–water partition coefficient (Wildman–Crippen LogP) is 4.69. The van der Waals surface area contributed by atoms with E-state index in [1.165, 1.54) is 11.3 Å². The van der Waals surface area contributed by atoms with Crippen LogP contribution in [0.3, 0.4) is 0 Å². The maximum Gasteiger partial charge on any atom is 0.253 e. The van der Waals surface area contributed by atoms with Gasteiger partial charge >= 0.3 is 0 Å². The van der Waals surface area contributed by atoms with Crippen molar-refractivity contribution in [1.29, 1.82) is 0 Å². The van der Waals surface area contributed by atoms with Crippen LogP contribution in [0, 0.1) is 0 Å². The molecule has 2 rings (SSSR count). The summed E-state index contributed by atoms with van der Waals surface area (Å²) in [7, 11) is 2.08. The molecule has 0 radical (unpaired) electrons. The van der Waals surface area contributed by atoms with Crippen molar-refractivity contribution in [3.63, 3.8) is 0 Å². The lowest BCUT2D eigenvalue weighted by Gasteiger charge is -2.09. The van der Waals surface area contributed by atoms with Gasteiger partial charge in [0.2, 0.25) is 0 Å². The molecule has 1 aromatic heterocycles. The van der Waals surface area contributed by atoms with E-state index in [1.807, 2.05) is 24.3 Å². The summed E-state index contributed by atoms with van der Waals surface area (Å²) in [6.07, 6.45) is 3.79. The number of nitrogens with one attached hydrogen (secondary N) is 1. The Bertz CT molecular complexity index is 701. The van der Waals surface area contributed by atoms with E-state index in [2.05, 4.69) is 37.7 Å². The highest BCUT2D eigenvalue weighted by Crippen LogP contribution is 2.25. The molecule has 0 aliphatic carbocycles. The number of nitrogens with zero attached hydrogens (tertiary/aromatic N) is 1. The highest BCUT2D eigenvalue weighted by Gasteiger charge is 2.23. The summed E-state index contributed by atoms with van der Waals surface area (Å²) >= 11 is 5.91. The minimum Gasteiger partial charge on any atom is -0.351 e. The zero-order valence-electron chi connectivity index (χ0n) is 15.1. The van der Waals surface area contributed by atoms with E-state index in [4.69, 9.17) is 11.6 Å². The van der Waals surface area contributed by atoms with Gasteiger partial charge in [0.05, 0.1) is 5.56 Å². The Hall–Kier alpha value is -1.74. The van der Waals surface area contributed by atoms with Crippen molar-refractivity contribution in [3.05, 3.63) is 57.4 Å². The summed E-state index contributed by atoms with van der Waals surface area (Å²) in [6, 6.07) is 7.58. The number of amides is 1. The van der Waals surface area contributed by atoms with Gasteiger partial charge in [-0.25, -0.2) is 0 Å². The molecule has 0 aliphatic rings. The van der Waals surface area contributed by atoms with Gasteiger partial charge in [-0.15, -0.1) is 0 Å². The lowest BCUT2D eigenvalue weighted by atomic mass is 10.0. The van der Waals surface area contributed by atoms with Crippen LogP contribution in [0.2, 0.25) is 5.02 Å². The maximum absolute atomic E-state index is 12.9. The molecular formula is C20H27ClN2O. The summed E-state index contributed by atoms with van der Waals surface area (Å²) in [5.74, 6) is 0.0283. The highest BCUT2D eigenvalue weighted by molar-refractivity contribution is 6.30. The molecule has 1 amide bonds. The first-order valence-corrected chi connectivity index (χ1v) is 9.13. The van der Waals surface area contributed by atoms with Crippen LogP contribution in [0.15, 0.2) is 24.3 Å². The van der Waals surface area contributed by atoms with E-state index >= 15 is 0 Å². The Kier molecular flexibility index (Phi) is 6.50. The number of hydrogen-bond acceptors (Lipinski definition) is 1. The molecule has 130 valence electrons. The topological polar surface area (TPSA) is 34.0 Å². The van der Waals surface area contributed by atoms with Crippen molar-refractivity contribution in [2.45, 2.75) is 53.0 Å². The summed E-state index contributed by atoms with van der Waals surface area (Å²) in [4.78, 5) is 12.9. The smallest absolute Gasteiger partial charge is 0.253 e. The van der Waals surface area contributed by atoms with Crippen molar-refractivity contribution < 1.29 is 4.79 Å². The molecule has 0 bridgehead atoms. The van der Waals surface area contributed by atoms with E-state index in [0.29, 0.717) is 11.6 Å². The molecule has 0 fully saturated rings. The molecule has 3 nitrogen and oxygen atoms in total. The van der Waals surface area contributed by atoms with Gasteiger partial charge in [0.25, 0.3) is 5.91 Å². The van der Waals surface area contributed by atoms with E-state index in [9.17, 15) is 4.79 Å². The fourth-order valence-corrected chi connectivity index (χ4v) is 3.50. The molecule has 1 aromatic carbocycles. The van der Waals surface area contributed by atoms with E-state index in [0.717, 1.165) is 42.5 Å². The lowest BCUT2D eigenvalue weighted by Crippen LogP contribution is -2.24. The molecule has 2 aromatic rings. The number of carbonyl (C=O) groups excluding carboxylic acids is 1. The quantitative estimate of drug-likeness (QED) is 0.775.